The summed E-state index contributed by atoms with van der Waals surface area (Å²) >= 11 is 6.08. The molecule has 0 fully saturated rings. The van der Waals surface area contributed by atoms with E-state index in [0.29, 0.717) is 17.1 Å². The molecule has 0 saturated heterocycles. The van der Waals surface area contributed by atoms with E-state index < -0.39 is 5.82 Å². The molecular weight excluding hydrogens is 359 g/mol. The number of hydrogen-bond donors (Lipinski definition) is 1. The topological polar surface area (TPSA) is 58.6 Å². The molecule has 1 heterocycles. The van der Waals surface area contributed by atoms with E-state index in [0.717, 1.165) is 0 Å². The third kappa shape index (κ3) is 3.65. The molecule has 7 heteroatoms. The quantitative estimate of drug-likeness (QED) is 0.877. The summed E-state index contributed by atoms with van der Waals surface area (Å²) in [6.45, 7) is 3.42. The molecule has 3 rings (SSSR count). The zero-order valence-corrected chi connectivity index (χ0v) is 15.1. The molecular formula is C19H18ClFN2O3. The first-order valence-corrected chi connectivity index (χ1v) is 8.55. The number of halogens is 2. The van der Waals surface area contributed by atoms with Crippen LogP contribution in [0.2, 0.25) is 5.02 Å². The van der Waals surface area contributed by atoms with Crippen LogP contribution in [0.3, 0.4) is 0 Å². The van der Waals surface area contributed by atoms with Crippen LogP contribution in [0.5, 0.6) is 5.75 Å². The van der Waals surface area contributed by atoms with Crippen molar-refractivity contribution >= 4 is 34.8 Å². The Bertz CT molecular complexity index is 850. The number of benzene rings is 2. The van der Waals surface area contributed by atoms with Crippen LogP contribution in [0, 0.1) is 11.7 Å². The maximum absolute atomic E-state index is 14.1. The standard InChI is InChI=1S/C19H18ClFN2O3/c1-11(2)19(25)22-12-6-7-16-17(8-12)26-10-18(24)23(16)9-13-14(20)4-3-5-15(13)21/h3-8,11H,9-10H2,1-2H3,(H,22,25). The van der Waals surface area contributed by atoms with Crippen LogP contribution in [0.1, 0.15) is 19.4 Å². The molecule has 0 radical (unpaired) electrons. The predicted octanol–water partition coefficient (Wildman–Crippen LogP) is 4.00. The number of hydrogen-bond acceptors (Lipinski definition) is 3. The third-order valence-electron chi connectivity index (χ3n) is 4.07. The number of carbonyl (C=O) groups excluding carboxylic acids is 2. The molecule has 136 valence electrons. The van der Waals surface area contributed by atoms with Gasteiger partial charge in [0.15, 0.2) is 6.61 Å². The van der Waals surface area contributed by atoms with E-state index in [1.54, 1.807) is 38.1 Å². The smallest absolute Gasteiger partial charge is 0.265 e. The van der Waals surface area contributed by atoms with Gasteiger partial charge in [-0.3, -0.25) is 9.59 Å². The number of amides is 2. The highest BCUT2D eigenvalue weighted by atomic mass is 35.5. The first kappa shape index (κ1) is 18.2. The number of ether oxygens (including phenoxy) is 1. The normalized spacial score (nSPS) is 13.4. The van der Waals surface area contributed by atoms with E-state index in [4.69, 9.17) is 16.3 Å². The number of fused-ring (bicyclic) bond motifs is 1. The van der Waals surface area contributed by atoms with Crippen molar-refractivity contribution < 1.29 is 18.7 Å². The van der Waals surface area contributed by atoms with E-state index >= 15 is 0 Å². The van der Waals surface area contributed by atoms with Gasteiger partial charge < -0.3 is 15.0 Å². The second-order valence-electron chi connectivity index (χ2n) is 6.30. The van der Waals surface area contributed by atoms with Crippen molar-refractivity contribution in [2.45, 2.75) is 20.4 Å². The molecule has 1 aliphatic heterocycles. The van der Waals surface area contributed by atoms with Gasteiger partial charge in [-0.1, -0.05) is 31.5 Å². The van der Waals surface area contributed by atoms with E-state index in [1.807, 2.05) is 0 Å². The van der Waals surface area contributed by atoms with E-state index in [1.165, 1.54) is 17.0 Å². The zero-order valence-electron chi connectivity index (χ0n) is 14.4. The van der Waals surface area contributed by atoms with Crippen molar-refractivity contribution in [1.29, 1.82) is 0 Å². The summed E-state index contributed by atoms with van der Waals surface area (Å²) in [5, 5.41) is 3.04. The van der Waals surface area contributed by atoms with Crippen molar-refractivity contribution in [3.8, 4) is 5.75 Å². The molecule has 5 nitrogen and oxygen atoms in total. The lowest BCUT2D eigenvalue weighted by atomic mass is 10.1. The predicted molar refractivity (Wildman–Crippen MR) is 98.0 cm³/mol. The van der Waals surface area contributed by atoms with Gasteiger partial charge in [-0.25, -0.2) is 4.39 Å². The van der Waals surface area contributed by atoms with Crippen LogP contribution >= 0.6 is 11.6 Å². The number of nitrogens with zero attached hydrogens (tertiary/aromatic N) is 1. The van der Waals surface area contributed by atoms with Crippen molar-refractivity contribution in [1.82, 2.24) is 0 Å². The van der Waals surface area contributed by atoms with Crippen LogP contribution < -0.4 is 15.0 Å². The molecule has 0 spiro atoms. The van der Waals surface area contributed by atoms with E-state index in [2.05, 4.69) is 5.32 Å². The van der Waals surface area contributed by atoms with E-state index in [9.17, 15) is 14.0 Å². The minimum absolute atomic E-state index is 0.00159. The summed E-state index contributed by atoms with van der Waals surface area (Å²) in [4.78, 5) is 25.6. The van der Waals surface area contributed by atoms with Crippen LogP contribution in [-0.2, 0) is 16.1 Å². The Labute approximate surface area is 155 Å². The maximum Gasteiger partial charge on any atom is 0.265 e. The van der Waals surface area contributed by atoms with Gasteiger partial charge in [0.1, 0.15) is 11.6 Å². The first-order chi connectivity index (χ1) is 12.4. The highest BCUT2D eigenvalue weighted by Gasteiger charge is 2.27. The van der Waals surface area contributed by atoms with Crippen molar-refractivity contribution in [3.63, 3.8) is 0 Å². The van der Waals surface area contributed by atoms with Gasteiger partial charge in [-0.05, 0) is 24.3 Å². The molecule has 0 unspecified atom stereocenters. The highest BCUT2D eigenvalue weighted by molar-refractivity contribution is 6.31. The summed E-state index contributed by atoms with van der Waals surface area (Å²) in [6.07, 6.45) is 0. The molecule has 2 aromatic rings. The number of carbonyl (C=O) groups is 2. The fourth-order valence-electron chi connectivity index (χ4n) is 2.58. The summed E-state index contributed by atoms with van der Waals surface area (Å²) in [6, 6.07) is 9.39. The van der Waals surface area contributed by atoms with E-state index in [-0.39, 0.29) is 41.5 Å². The Balaban J connectivity index is 1.90. The van der Waals surface area contributed by atoms with Gasteiger partial charge in [-0.2, -0.15) is 0 Å². The summed E-state index contributed by atoms with van der Waals surface area (Å²) in [5.74, 6) is -0.603. The molecule has 1 N–H and O–H groups in total. The fraction of sp³-hybridized carbons (Fsp3) is 0.263. The molecule has 0 atom stereocenters. The van der Waals surface area contributed by atoms with Crippen molar-refractivity contribution in [2.75, 3.05) is 16.8 Å². The van der Waals surface area contributed by atoms with Crippen molar-refractivity contribution in [2.24, 2.45) is 5.92 Å². The van der Waals surface area contributed by atoms with Gasteiger partial charge in [-0.15, -0.1) is 0 Å². The largest absolute Gasteiger partial charge is 0.481 e. The molecule has 2 amide bonds. The lowest BCUT2D eigenvalue weighted by Crippen LogP contribution is -2.38. The lowest BCUT2D eigenvalue weighted by molar-refractivity contribution is -0.121. The maximum atomic E-state index is 14.1. The molecule has 0 aliphatic carbocycles. The molecule has 1 aliphatic rings. The SMILES string of the molecule is CC(C)C(=O)Nc1ccc2c(c1)OCC(=O)N2Cc1c(F)cccc1Cl. The Hall–Kier alpha value is -2.60. The molecule has 0 bridgehead atoms. The summed E-state index contributed by atoms with van der Waals surface area (Å²) < 4.78 is 19.6. The molecule has 0 saturated carbocycles. The van der Waals surface area contributed by atoms with Gasteiger partial charge in [0.2, 0.25) is 5.91 Å². The summed E-state index contributed by atoms with van der Waals surface area (Å²) in [7, 11) is 0. The Morgan fingerprint density at radius 3 is 2.81 bits per heavy atom. The number of nitrogens with one attached hydrogen (secondary N) is 1. The van der Waals surface area contributed by atoms with Gasteiger partial charge in [0.25, 0.3) is 5.91 Å². The monoisotopic (exact) mass is 376 g/mol. The molecule has 26 heavy (non-hydrogen) atoms. The zero-order chi connectivity index (χ0) is 18.8. The fourth-order valence-corrected chi connectivity index (χ4v) is 2.81. The molecule has 0 aromatic heterocycles. The Morgan fingerprint density at radius 1 is 1.35 bits per heavy atom. The lowest BCUT2D eigenvalue weighted by Gasteiger charge is -2.30. The average Bonchev–Trinajstić information content (AvgIpc) is 2.59. The van der Waals surface area contributed by atoms with Crippen LogP contribution in [0.25, 0.3) is 0 Å². The second kappa shape index (κ2) is 7.33. The van der Waals surface area contributed by atoms with Crippen LogP contribution in [-0.4, -0.2) is 18.4 Å². The minimum Gasteiger partial charge on any atom is -0.481 e. The third-order valence-corrected chi connectivity index (χ3v) is 4.43. The van der Waals surface area contributed by atoms with Gasteiger partial charge in [0.05, 0.1) is 12.2 Å². The highest BCUT2D eigenvalue weighted by Crippen LogP contribution is 2.36. The van der Waals surface area contributed by atoms with Crippen molar-refractivity contribution in [3.05, 3.63) is 52.8 Å². The molecule has 2 aromatic carbocycles. The Kier molecular flexibility index (Phi) is 5.13. The minimum atomic E-state index is -0.473. The second-order valence-corrected chi connectivity index (χ2v) is 6.70. The number of rotatable bonds is 4. The van der Waals surface area contributed by atoms with Crippen LogP contribution in [0.15, 0.2) is 36.4 Å². The Morgan fingerprint density at radius 2 is 2.12 bits per heavy atom. The number of anilines is 2. The van der Waals surface area contributed by atoms with Gasteiger partial charge in [0, 0.05) is 28.3 Å². The first-order valence-electron chi connectivity index (χ1n) is 8.17. The summed E-state index contributed by atoms with van der Waals surface area (Å²) in [5.41, 5.74) is 1.32. The van der Waals surface area contributed by atoms with Gasteiger partial charge >= 0.3 is 0 Å². The van der Waals surface area contributed by atoms with Crippen LogP contribution in [0.4, 0.5) is 15.8 Å². The average molecular weight is 377 g/mol.